The number of carbonyl (C=O) groups excluding carboxylic acids is 3. The van der Waals surface area contributed by atoms with E-state index in [9.17, 15) is 24.6 Å². The van der Waals surface area contributed by atoms with E-state index >= 15 is 0 Å². The summed E-state index contributed by atoms with van der Waals surface area (Å²) in [4.78, 5) is 38.8. The van der Waals surface area contributed by atoms with Crippen LogP contribution in [-0.4, -0.2) is 46.7 Å². The Labute approximate surface area is 177 Å². The molecule has 2 N–H and O–H groups in total. The predicted octanol–water partition coefficient (Wildman–Crippen LogP) is 2.83. The van der Waals surface area contributed by atoms with Crippen LogP contribution in [0.5, 0.6) is 5.75 Å². The molecule has 7 nitrogen and oxygen atoms in total. The molecule has 1 aliphatic carbocycles. The summed E-state index contributed by atoms with van der Waals surface area (Å²) in [5.74, 6) is -5.06. The average molecular weight is 421 g/mol. The molecule has 4 atom stereocenters. The molecule has 1 saturated carbocycles. The zero-order chi connectivity index (χ0) is 22.6. The molecular weight excluding hydrogens is 388 g/mol. The third kappa shape index (κ3) is 5.59. The topological polar surface area (TPSA) is 110 Å². The van der Waals surface area contributed by atoms with E-state index in [0.717, 1.165) is 0 Å². The highest BCUT2D eigenvalue weighted by Crippen LogP contribution is 2.47. The molecule has 1 aliphatic rings. The van der Waals surface area contributed by atoms with Crippen molar-refractivity contribution in [2.45, 2.75) is 52.6 Å². The van der Waals surface area contributed by atoms with Crippen molar-refractivity contribution in [1.82, 2.24) is 0 Å². The van der Waals surface area contributed by atoms with Gasteiger partial charge >= 0.3 is 11.9 Å². The molecule has 0 bridgehead atoms. The van der Waals surface area contributed by atoms with Gasteiger partial charge in [0.2, 0.25) is 0 Å². The minimum Gasteiger partial charge on any atom is -0.508 e. The first-order valence-electron chi connectivity index (χ1n) is 10.3. The van der Waals surface area contributed by atoms with Crippen LogP contribution in [0.15, 0.2) is 24.3 Å². The van der Waals surface area contributed by atoms with Gasteiger partial charge in [-0.1, -0.05) is 39.8 Å². The van der Waals surface area contributed by atoms with Gasteiger partial charge in [0.25, 0.3) is 0 Å². The first kappa shape index (κ1) is 23.9. The number of hydrogen-bond donors (Lipinski definition) is 2. The van der Waals surface area contributed by atoms with E-state index in [0.29, 0.717) is 5.56 Å². The minimum atomic E-state index is -1.69. The Hall–Kier alpha value is -2.41. The van der Waals surface area contributed by atoms with Crippen LogP contribution >= 0.6 is 0 Å². The van der Waals surface area contributed by atoms with Crippen molar-refractivity contribution in [3.63, 3.8) is 0 Å². The number of aromatic hydroxyl groups is 1. The summed E-state index contributed by atoms with van der Waals surface area (Å²) in [6, 6.07) is 5.91. The van der Waals surface area contributed by atoms with Gasteiger partial charge in [0, 0.05) is 12.3 Å². The van der Waals surface area contributed by atoms with E-state index < -0.39 is 41.1 Å². The number of carbonyl (C=O) groups is 3. The monoisotopic (exact) mass is 420 g/mol. The summed E-state index contributed by atoms with van der Waals surface area (Å²) in [6.07, 6.45) is -0.357. The summed E-state index contributed by atoms with van der Waals surface area (Å²) in [5, 5.41) is 20.7. The van der Waals surface area contributed by atoms with E-state index in [1.54, 1.807) is 12.1 Å². The molecule has 7 heteroatoms. The first-order chi connectivity index (χ1) is 13.9. The van der Waals surface area contributed by atoms with Gasteiger partial charge in [-0.3, -0.25) is 14.4 Å². The number of esters is 2. The molecular formula is C23H32O7. The van der Waals surface area contributed by atoms with Gasteiger partial charge in [-0.25, -0.2) is 0 Å². The lowest BCUT2D eigenvalue weighted by Crippen LogP contribution is -2.55. The van der Waals surface area contributed by atoms with Crippen molar-refractivity contribution in [3.05, 3.63) is 29.8 Å². The molecule has 1 aromatic rings. The van der Waals surface area contributed by atoms with Crippen LogP contribution in [0.3, 0.4) is 0 Å². The van der Waals surface area contributed by atoms with E-state index in [1.165, 1.54) is 19.1 Å². The van der Waals surface area contributed by atoms with Crippen molar-refractivity contribution in [2.75, 3.05) is 13.2 Å². The highest BCUT2D eigenvalue weighted by Gasteiger charge is 2.57. The fourth-order valence-corrected chi connectivity index (χ4v) is 3.79. The van der Waals surface area contributed by atoms with Crippen molar-refractivity contribution < 1.29 is 34.1 Å². The number of phenols is 1. The van der Waals surface area contributed by atoms with Gasteiger partial charge < -0.3 is 19.7 Å². The van der Waals surface area contributed by atoms with Gasteiger partial charge in [-0.2, -0.15) is 0 Å². The zero-order valence-corrected chi connectivity index (χ0v) is 18.3. The van der Waals surface area contributed by atoms with Crippen LogP contribution in [0.4, 0.5) is 0 Å². The summed E-state index contributed by atoms with van der Waals surface area (Å²) in [7, 11) is 0. The van der Waals surface area contributed by atoms with Crippen LogP contribution in [0.2, 0.25) is 0 Å². The van der Waals surface area contributed by atoms with Crippen molar-refractivity contribution in [3.8, 4) is 5.75 Å². The Balaban J connectivity index is 2.51. The summed E-state index contributed by atoms with van der Waals surface area (Å²) in [6.45, 7) is 9.25. The lowest BCUT2D eigenvalue weighted by atomic mass is 9.61. The number of hydrogen-bond acceptors (Lipinski definition) is 7. The molecule has 0 saturated heterocycles. The maximum absolute atomic E-state index is 13.0. The molecule has 0 aromatic heterocycles. The highest BCUT2D eigenvalue weighted by molar-refractivity contribution is 6.02. The van der Waals surface area contributed by atoms with Crippen LogP contribution in [0, 0.1) is 23.7 Å². The molecule has 0 amide bonds. The second-order valence-corrected chi connectivity index (χ2v) is 9.12. The van der Waals surface area contributed by atoms with Crippen molar-refractivity contribution >= 4 is 17.7 Å². The van der Waals surface area contributed by atoms with Gasteiger partial charge in [-0.15, -0.1) is 0 Å². The third-order valence-corrected chi connectivity index (χ3v) is 5.17. The summed E-state index contributed by atoms with van der Waals surface area (Å²) in [5.41, 5.74) is -1.22. The van der Waals surface area contributed by atoms with Gasteiger partial charge in [0.1, 0.15) is 11.7 Å². The molecule has 166 valence electrons. The Bertz CT molecular complexity index is 764. The fourth-order valence-electron chi connectivity index (χ4n) is 3.79. The molecule has 0 unspecified atom stereocenters. The zero-order valence-electron chi connectivity index (χ0n) is 18.3. The normalized spacial score (nSPS) is 26.7. The molecule has 0 aliphatic heterocycles. The standard InChI is InChI=1S/C23H32O7/c1-13(2)11-29-21(26)19-17(25)10-23(5,28)20(22(27)30-12-14(3)4)18(19)15-6-8-16(24)9-7-15/h6-9,13-14,18-20,24,28H,10-12H2,1-5H3/t18-,19-,20+,23-/m0/s1. The molecule has 0 radical (unpaired) electrons. The highest BCUT2D eigenvalue weighted by atomic mass is 16.5. The number of Topliss-reactive ketones (excluding diaryl/α,β-unsaturated/α-hetero) is 1. The Kier molecular flexibility index (Phi) is 7.64. The van der Waals surface area contributed by atoms with Crippen LogP contribution in [-0.2, 0) is 23.9 Å². The van der Waals surface area contributed by atoms with E-state index in [1.807, 2.05) is 27.7 Å². The molecule has 30 heavy (non-hydrogen) atoms. The van der Waals surface area contributed by atoms with Gasteiger partial charge in [0.15, 0.2) is 5.78 Å². The minimum absolute atomic E-state index is 0.00511. The number of rotatable bonds is 7. The summed E-state index contributed by atoms with van der Waals surface area (Å²) < 4.78 is 10.7. The number of phenolic OH excluding ortho intramolecular Hbond substituents is 1. The second kappa shape index (κ2) is 9.60. The van der Waals surface area contributed by atoms with Crippen LogP contribution in [0.1, 0.15) is 52.5 Å². The van der Waals surface area contributed by atoms with Crippen LogP contribution in [0.25, 0.3) is 0 Å². The van der Waals surface area contributed by atoms with Crippen molar-refractivity contribution in [2.24, 2.45) is 23.7 Å². The van der Waals surface area contributed by atoms with Crippen LogP contribution < -0.4 is 0 Å². The molecule has 2 rings (SSSR count). The van der Waals surface area contributed by atoms with E-state index in [2.05, 4.69) is 0 Å². The van der Waals surface area contributed by atoms with E-state index in [-0.39, 0.29) is 37.2 Å². The fraction of sp³-hybridized carbons (Fsp3) is 0.609. The Morgan fingerprint density at radius 1 is 1.03 bits per heavy atom. The molecule has 1 fully saturated rings. The Morgan fingerprint density at radius 2 is 1.53 bits per heavy atom. The number of ether oxygens (including phenoxy) is 2. The second-order valence-electron chi connectivity index (χ2n) is 9.12. The van der Waals surface area contributed by atoms with E-state index in [4.69, 9.17) is 9.47 Å². The molecule has 0 heterocycles. The SMILES string of the molecule is CC(C)COC(=O)[C@H]1C(=O)C[C@](C)(O)[C@@H](C(=O)OCC(C)C)[C@H]1c1ccc(O)cc1. The number of benzene rings is 1. The quantitative estimate of drug-likeness (QED) is 0.515. The largest absolute Gasteiger partial charge is 0.508 e. The molecule has 1 aromatic carbocycles. The summed E-state index contributed by atoms with van der Waals surface area (Å²) >= 11 is 0. The smallest absolute Gasteiger partial charge is 0.317 e. The first-order valence-corrected chi connectivity index (χ1v) is 10.3. The number of aliphatic hydroxyl groups is 1. The predicted molar refractivity (Wildman–Crippen MR) is 110 cm³/mol. The maximum Gasteiger partial charge on any atom is 0.317 e. The number of ketones is 1. The lowest BCUT2D eigenvalue weighted by molar-refractivity contribution is -0.173. The van der Waals surface area contributed by atoms with Crippen molar-refractivity contribution in [1.29, 1.82) is 0 Å². The molecule has 0 spiro atoms. The maximum atomic E-state index is 13.0. The third-order valence-electron chi connectivity index (χ3n) is 5.17. The lowest BCUT2D eigenvalue weighted by Gasteiger charge is -2.43. The van der Waals surface area contributed by atoms with Gasteiger partial charge in [0.05, 0.1) is 24.7 Å². The van der Waals surface area contributed by atoms with Gasteiger partial charge in [-0.05, 0) is 36.5 Å². The Morgan fingerprint density at radius 3 is 2.03 bits per heavy atom. The average Bonchev–Trinajstić information content (AvgIpc) is 2.63.